The lowest BCUT2D eigenvalue weighted by atomic mass is 9.90. The summed E-state index contributed by atoms with van der Waals surface area (Å²) in [5, 5.41) is 22.3. The van der Waals surface area contributed by atoms with Gasteiger partial charge in [0, 0.05) is 18.6 Å². The van der Waals surface area contributed by atoms with E-state index < -0.39 is 6.09 Å². The number of methoxy groups -OCH3 is 1. The summed E-state index contributed by atoms with van der Waals surface area (Å²) in [6.45, 7) is 2.32. The van der Waals surface area contributed by atoms with Gasteiger partial charge in [0.1, 0.15) is 17.5 Å². The Morgan fingerprint density at radius 1 is 1.31 bits per heavy atom. The number of amides is 1. The predicted octanol–water partition coefficient (Wildman–Crippen LogP) is 4.17. The van der Waals surface area contributed by atoms with Crippen molar-refractivity contribution in [1.29, 1.82) is 5.26 Å². The molecule has 7 heteroatoms. The SMILES string of the molecule is COc1nc(N[C@H]2CC[C@H](N(Cc3ccccc3)C(=O)O)CC2)c(C)cc1C#N. The Labute approximate surface area is 170 Å². The minimum atomic E-state index is -0.875. The molecule has 0 aliphatic heterocycles. The van der Waals surface area contributed by atoms with Crippen molar-refractivity contribution in [1.82, 2.24) is 9.88 Å². The van der Waals surface area contributed by atoms with E-state index in [-0.39, 0.29) is 12.1 Å². The second-order valence-corrected chi connectivity index (χ2v) is 7.37. The van der Waals surface area contributed by atoms with E-state index in [9.17, 15) is 15.2 Å². The molecule has 0 unspecified atom stereocenters. The lowest BCUT2D eigenvalue weighted by Crippen LogP contribution is -2.43. The van der Waals surface area contributed by atoms with Crippen LogP contribution in [0.2, 0.25) is 0 Å². The van der Waals surface area contributed by atoms with Crippen LogP contribution in [-0.2, 0) is 6.54 Å². The summed E-state index contributed by atoms with van der Waals surface area (Å²) in [6, 6.07) is 13.8. The van der Waals surface area contributed by atoms with Gasteiger partial charge in [0.15, 0.2) is 0 Å². The number of hydrogen-bond acceptors (Lipinski definition) is 5. The molecule has 1 amide bonds. The number of pyridine rings is 1. The molecule has 1 fully saturated rings. The number of aromatic nitrogens is 1. The summed E-state index contributed by atoms with van der Waals surface area (Å²) in [7, 11) is 1.50. The molecule has 1 aromatic heterocycles. The van der Waals surface area contributed by atoms with Crippen LogP contribution in [0.3, 0.4) is 0 Å². The first-order valence-electron chi connectivity index (χ1n) is 9.77. The number of ether oxygens (including phenoxy) is 1. The second kappa shape index (κ2) is 9.28. The molecular weight excluding hydrogens is 368 g/mol. The van der Waals surface area contributed by atoms with Crippen molar-refractivity contribution in [3.8, 4) is 11.9 Å². The number of carboxylic acid groups (broad SMARTS) is 1. The van der Waals surface area contributed by atoms with Gasteiger partial charge in [-0.25, -0.2) is 4.79 Å². The van der Waals surface area contributed by atoms with Gasteiger partial charge in [-0.15, -0.1) is 0 Å². The zero-order valence-corrected chi connectivity index (χ0v) is 16.8. The third kappa shape index (κ3) is 4.96. The predicted molar refractivity (Wildman–Crippen MR) is 110 cm³/mol. The van der Waals surface area contributed by atoms with Crippen LogP contribution in [0.1, 0.15) is 42.4 Å². The Kier molecular flexibility index (Phi) is 6.55. The van der Waals surface area contributed by atoms with Crippen molar-refractivity contribution < 1.29 is 14.6 Å². The summed E-state index contributed by atoms with van der Waals surface area (Å²) in [6.07, 6.45) is 2.42. The minimum absolute atomic E-state index is 0.00955. The van der Waals surface area contributed by atoms with Crippen LogP contribution in [0.5, 0.6) is 5.88 Å². The van der Waals surface area contributed by atoms with Crippen molar-refractivity contribution in [2.45, 2.75) is 51.2 Å². The monoisotopic (exact) mass is 394 g/mol. The van der Waals surface area contributed by atoms with E-state index in [1.165, 1.54) is 7.11 Å². The molecule has 152 valence electrons. The Hall–Kier alpha value is -3.27. The van der Waals surface area contributed by atoms with Gasteiger partial charge in [-0.05, 0) is 49.8 Å². The first kappa shape index (κ1) is 20.5. The topological polar surface area (TPSA) is 98.5 Å². The van der Waals surface area contributed by atoms with E-state index in [0.29, 0.717) is 23.8 Å². The molecule has 7 nitrogen and oxygen atoms in total. The summed E-state index contributed by atoms with van der Waals surface area (Å²) >= 11 is 0. The van der Waals surface area contributed by atoms with E-state index in [1.807, 2.05) is 37.3 Å². The third-order valence-electron chi connectivity index (χ3n) is 5.41. The number of aryl methyl sites for hydroxylation is 1. The minimum Gasteiger partial charge on any atom is -0.480 e. The zero-order valence-electron chi connectivity index (χ0n) is 16.8. The lowest BCUT2D eigenvalue weighted by molar-refractivity contribution is 0.105. The van der Waals surface area contributed by atoms with E-state index >= 15 is 0 Å². The van der Waals surface area contributed by atoms with E-state index in [1.54, 1.807) is 11.0 Å². The number of hydrogen-bond donors (Lipinski definition) is 2. The Morgan fingerprint density at radius 3 is 2.59 bits per heavy atom. The van der Waals surface area contributed by atoms with Gasteiger partial charge in [-0.2, -0.15) is 10.2 Å². The maximum Gasteiger partial charge on any atom is 0.407 e. The maximum atomic E-state index is 11.8. The van der Waals surface area contributed by atoms with Crippen LogP contribution < -0.4 is 10.1 Å². The standard InChI is InChI=1S/C22H26N4O3/c1-15-12-17(13-23)21(29-2)25-20(15)24-18-8-10-19(11-9-18)26(22(27)28)14-16-6-4-3-5-7-16/h3-7,12,18-19H,8-11,14H2,1-2H3,(H,24,25)(H,27,28)/t18-,19-. The van der Waals surface area contributed by atoms with Gasteiger partial charge in [0.2, 0.25) is 5.88 Å². The largest absolute Gasteiger partial charge is 0.480 e. The summed E-state index contributed by atoms with van der Waals surface area (Å²) in [5.41, 5.74) is 2.30. The lowest BCUT2D eigenvalue weighted by Gasteiger charge is -2.36. The molecule has 0 saturated heterocycles. The molecule has 1 saturated carbocycles. The van der Waals surface area contributed by atoms with Gasteiger partial charge >= 0.3 is 6.09 Å². The van der Waals surface area contributed by atoms with Gasteiger partial charge in [-0.1, -0.05) is 30.3 Å². The first-order chi connectivity index (χ1) is 14.0. The third-order valence-corrected chi connectivity index (χ3v) is 5.41. The molecule has 2 N–H and O–H groups in total. The average Bonchev–Trinajstić information content (AvgIpc) is 2.74. The van der Waals surface area contributed by atoms with Crippen LogP contribution in [-0.4, -0.2) is 40.3 Å². The fourth-order valence-corrected chi connectivity index (χ4v) is 3.84. The summed E-state index contributed by atoms with van der Waals surface area (Å²) in [5.74, 6) is 1.03. The molecule has 1 aliphatic rings. The smallest absolute Gasteiger partial charge is 0.407 e. The quantitative estimate of drug-likeness (QED) is 0.763. The highest BCUT2D eigenvalue weighted by Crippen LogP contribution is 2.29. The molecule has 0 spiro atoms. The van der Waals surface area contributed by atoms with E-state index in [0.717, 1.165) is 36.8 Å². The van der Waals surface area contributed by atoms with Crippen LogP contribution in [0, 0.1) is 18.3 Å². The summed E-state index contributed by atoms with van der Waals surface area (Å²) in [4.78, 5) is 17.8. The number of anilines is 1. The fraction of sp³-hybridized carbons (Fsp3) is 0.409. The molecular formula is C22H26N4O3. The first-order valence-corrected chi connectivity index (χ1v) is 9.77. The van der Waals surface area contributed by atoms with Crippen molar-refractivity contribution in [2.75, 3.05) is 12.4 Å². The van der Waals surface area contributed by atoms with Gasteiger partial charge in [-0.3, -0.25) is 0 Å². The fourth-order valence-electron chi connectivity index (χ4n) is 3.84. The van der Waals surface area contributed by atoms with E-state index in [4.69, 9.17) is 4.74 Å². The number of nitrogens with zero attached hydrogens (tertiary/aromatic N) is 3. The van der Waals surface area contributed by atoms with Crippen LogP contribution in [0.4, 0.5) is 10.6 Å². The summed E-state index contributed by atoms with van der Waals surface area (Å²) < 4.78 is 5.21. The second-order valence-electron chi connectivity index (χ2n) is 7.37. The van der Waals surface area contributed by atoms with Crippen molar-refractivity contribution in [3.63, 3.8) is 0 Å². The number of benzene rings is 1. The van der Waals surface area contributed by atoms with Crippen LogP contribution in [0.15, 0.2) is 36.4 Å². The van der Waals surface area contributed by atoms with Gasteiger partial charge in [0.25, 0.3) is 0 Å². The molecule has 1 aromatic carbocycles. The molecule has 3 rings (SSSR count). The highest BCUT2D eigenvalue weighted by molar-refractivity contribution is 5.65. The molecule has 2 aromatic rings. The molecule has 0 atom stereocenters. The van der Waals surface area contributed by atoms with Crippen molar-refractivity contribution >= 4 is 11.9 Å². The molecule has 0 bridgehead atoms. The van der Waals surface area contributed by atoms with Crippen LogP contribution >= 0.6 is 0 Å². The van der Waals surface area contributed by atoms with Gasteiger partial charge in [0.05, 0.1) is 7.11 Å². The van der Waals surface area contributed by atoms with Crippen molar-refractivity contribution in [2.24, 2.45) is 0 Å². The van der Waals surface area contributed by atoms with E-state index in [2.05, 4.69) is 16.4 Å². The number of rotatable bonds is 6. The Balaban J connectivity index is 1.63. The number of nitrogens with one attached hydrogen (secondary N) is 1. The van der Waals surface area contributed by atoms with Crippen molar-refractivity contribution in [3.05, 3.63) is 53.1 Å². The number of nitriles is 1. The highest BCUT2D eigenvalue weighted by Gasteiger charge is 2.29. The molecule has 0 radical (unpaired) electrons. The normalized spacial score (nSPS) is 18.5. The van der Waals surface area contributed by atoms with Gasteiger partial charge < -0.3 is 20.1 Å². The average molecular weight is 394 g/mol. The Bertz CT molecular complexity index is 887. The molecule has 1 aliphatic carbocycles. The van der Waals surface area contributed by atoms with Crippen LogP contribution in [0.25, 0.3) is 0 Å². The maximum absolute atomic E-state index is 11.8. The zero-order chi connectivity index (χ0) is 20.8. The molecule has 29 heavy (non-hydrogen) atoms. The molecule has 1 heterocycles. The number of carbonyl (C=O) groups is 1. The highest BCUT2D eigenvalue weighted by atomic mass is 16.5. The Morgan fingerprint density at radius 2 is 2.00 bits per heavy atom.